The third-order valence-electron chi connectivity index (χ3n) is 2.60. The van der Waals surface area contributed by atoms with Crippen LogP contribution in [0.25, 0.3) is 0 Å². The van der Waals surface area contributed by atoms with Crippen molar-refractivity contribution in [2.75, 3.05) is 26.8 Å². The zero-order valence-electron chi connectivity index (χ0n) is 9.60. The lowest BCUT2D eigenvalue weighted by Crippen LogP contribution is -2.41. The Bertz CT molecular complexity index is 221. The molecule has 0 aromatic carbocycles. The van der Waals surface area contributed by atoms with Crippen LogP contribution in [0.3, 0.4) is 0 Å². The summed E-state index contributed by atoms with van der Waals surface area (Å²) in [6.45, 7) is 5.40. The molecular weight excluding hydrogens is 196 g/mol. The van der Waals surface area contributed by atoms with Gasteiger partial charge in [0.05, 0.1) is 6.04 Å². The van der Waals surface area contributed by atoms with Crippen LogP contribution in [-0.4, -0.2) is 55.9 Å². The molecule has 2 N–H and O–H groups in total. The van der Waals surface area contributed by atoms with E-state index < -0.39 is 6.04 Å². The minimum Gasteiger partial charge on any atom is -0.377 e. The molecule has 5 nitrogen and oxygen atoms in total. The number of ether oxygens (including phenoxy) is 2. The van der Waals surface area contributed by atoms with Crippen molar-refractivity contribution in [1.29, 1.82) is 0 Å². The van der Waals surface area contributed by atoms with Crippen molar-refractivity contribution in [3.8, 4) is 0 Å². The highest BCUT2D eigenvalue weighted by molar-refractivity contribution is 5.81. The van der Waals surface area contributed by atoms with Gasteiger partial charge < -0.3 is 20.1 Å². The predicted molar refractivity (Wildman–Crippen MR) is 56.4 cm³/mol. The molecule has 5 heteroatoms. The Morgan fingerprint density at radius 2 is 2.13 bits per heavy atom. The number of nitrogens with zero attached hydrogens (tertiary/aromatic N) is 1. The Morgan fingerprint density at radius 1 is 1.53 bits per heavy atom. The van der Waals surface area contributed by atoms with Gasteiger partial charge in [-0.15, -0.1) is 0 Å². The van der Waals surface area contributed by atoms with E-state index in [4.69, 9.17) is 15.2 Å². The van der Waals surface area contributed by atoms with Gasteiger partial charge in [-0.25, -0.2) is 0 Å². The molecule has 0 radical (unpaired) electrons. The second-order valence-corrected chi connectivity index (χ2v) is 3.80. The molecule has 1 aliphatic heterocycles. The van der Waals surface area contributed by atoms with E-state index in [1.54, 1.807) is 18.9 Å². The molecule has 0 spiro atoms. The lowest BCUT2D eigenvalue weighted by molar-refractivity contribution is -0.131. The number of amides is 1. The van der Waals surface area contributed by atoms with Crippen LogP contribution in [0, 0.1) is 0 Å². The Morgan fingerprint density at radius 3 is 2.60 bits per heavy atom. The van der Waals surface area contributed by atoms with Crippen molar-refractivity contribution in [1.82, 2.24) is 4.90 Å². The highest BCUT2D eigenvalue weighted by Crippen LogP contribution is 2.16. The van der Waals surface area contributed by atoms with Crippen molar-refractivity contribution in [2.45, 2.75) is 32.1 Å². The van der Waals surface area contributed by atoms with Gasteiger partial charge in [0, 0.05) is 26.8 Å². The summed E-state index contributed by atoms with van der Waals surface area (Å²) in [7, 11) is 1.64. The van der Waals surface area contributed by atoms with Gasteiger partial charge in [0.2, 0.25) is 5.91 Å². The molecule has 1 heterocycles. The molecule has 1 rings (SSSR count). The van der Waals surface area contributed by atoms with Crippen molar-refractivity contribution >= 4 is 5.91 Å². The van der Waals surface area contributed by atoms with E-state index in [1.807, 2.05) is 6.92 Å². The highest BCUT2D eigenvalue weighted by atomic mass is 16.5. The largest absolute Gasteiger partial charge is 0.377 e. The Balaban J connectivity index is 2.56. The van der Waals surface area contributed by atoms with Gasteiger partial charge in [0.15, 0.2) is 0 Å². The quantitative estimate of drug-likeness (QED) is 0.694. The first-order valence-electron chi connectivity index (χ1n) is 5.28. The average Bonchev–Trinajstić information content (AvgIpc) is 2.60. The molecule has 1 amide bonds. The number of hydrogen-bond acceptors (Lipinski definition) is 4. The van der Waals surface area contributed by atoms with Gasteiger partial charge in [-0.2, -0.15) is 0 Å². The maximum Gasteiger partial charge on any atom is 0.239 e. The van der Waals surface area contributed by atoms with Crippen LogP contribution in [0.5, 0.6) is 0 Å². The number of nitrogens with two attached hydrogens (primary N) is 1. The molecule has 3 atom stereocenters. The predicted octanol–water partition coefficient (Wildman–Crippen LogP) is -0.404. The summed E-state index contributed by atoms with van der Waals surface area (Å²) in [4.78, 5) is 13.4. The molecule has 0 bridgehead atoms. The fraction of sp³-hybridized carbons (Fsp3) is 0.900. The molecule has 0 unspecified atom stereocenters. The van der Waals surface area contributed by atoms with Gasteiger partial charge >= 0.3 is 0 Å². The first-order chi connectivity index (χ1) is 7.10. The molecule has 15 heavy (non-hydrogen) atoms. The van der Waals surface area contributed by atoms with Crippen molar-refractivity contribution in [3.63, 3.8) is 0 Å². The highest BCUT2D eigenvalue weighted by Gasteiger charge is 2.36. The maximum absolute atomic E-state index is 11.6. The summed E-state index contributed by atoms with van der Waals surface area (Å²) in [5, 5.41) is 0. The van der Waals surface area contributed by atoms with Crippen LogP contribution in [0.1, 0.15) is 13.8 Å². The monoisotopic (exact) mass is 216 g/mol. The summed E-state index contributed by atoms with van der Waals surface area (Å²) in [6, 6.07) is -0.456. The molecule has 0 aromatic heterocycles. The lowest BCUT2D eigenvalue weighted by atomic mass is 10.2. The van der Waals surface area contributed by atoms with Crippen LogP contribution in [0.15, 0.2) is 0 Å². The van der Waals surface area contributed by atoms with Crippen LogP contribution < -0.4 is 5.73 Å². The smallest absolute Gasteiger partial charge is 0.239 e. The van der Waals surface area contributed by atoms with Gasteiger partial charge in [0.1, 0.15) is 12.2 Å². The SMILES string of the molecule is CCO[C@@H]1CN(C(=O)[C@@H](C)N)C[C@H]1OC. The van der Waals surface area contributed by atoms with E-state index in [0.717, 1.165) is 0 Å². The van der Waals surface area contributed by atoms with E-state index in [9.17, 15) is 4.79 Å². The number of carbonyl (C=O) groups is 1. The Hall–Kier alpha value is -0.650. The lowest BCUT2D eigenvalue weighted by Gasteiger charge is -2.17. The summed E-state index contributed by atoms with van der Waals surface area (Å²) >= 11 is 0. The molecule has 1 fully saturated rings. The van der Waals surface area contributed by atoms with Crippen LogP contribution in [0.2, 0.25) is 0 Å². The molecular formula is C10H20N2O3. The summed E-state index contributed by atoms with van der Waals surface area (Å²) in [6.07, 6.45) is -0.0599. The zero-order valence-corrected chi connectivity index (χ0v) is 9.60. The number of methoxy groups -OCH3 is 1. The maximum atomic E-state index is 11.6. The average molecular weight is 216 g/mol. The second kappa shape index (κ2) is 5.44. The fourth-order valence-electron chi connectivity index (χ4n) is 1.81. The molecule has 1 saturated heterocycles. The van der Waals surface area contributed by atoms with Crippen molar-refractivity contribution in [2.24, 2.45) is 5.73 Å². The van der Waals surface area contributed by atoms with Crippen molar-refractivity contribution in [3.05, 3.63) is 0 Å². The standard InChI is InChI=1S/C10H20N2O3/c1-4-15-9-6-12(5-8(9)14-3)10(13)7(2)11/h7-9H,4-6,11H2,1-3H3/t7-,8-,9-/m1/s1. The fourth-order valence-corrected chi connectivity index (χ4v) is 1.81. The van der Waals surface area contributed by atoms with Crippen LogP contribution >= 0.6 is 0 Å². The topological polar surface area (TPSA) is 64.8 Å². The number of rotatable bonds is 4. The van der Waals surface area contributed by atoms with Gasteiger partial charge in [-0.05, 0) is 13.8 Å². The summed E-state index contributed by atoms with van der Waals surface area (Å²) in [5.41, 5.74) is 5.55. The molecule has 0 aromatic rings. The number of likely N-dealkylation sites (tertiary alicyclic amines) is 1. The van der Waals surface area contributed by atoms with E-state index in [2.05, 4.69) is 0 Å². The van der Waals surface area contributed by atoms with Crippen molar-refractivity contribution < 1.29 is 14.3 Å². The van der Waals surface area contributed by atoms with Gasteiger partial charge in [-0.3, -0.25) is 4.79 Å². The minimum atomic E-state index is -0.456. The second-order valence-electron chi connectivity index (χ2n) is 3.80. The first-order valence-corrected chi connectivity index (χ1v) is 5.28. The number of carbonyl (C=O) groups excluding carboxylic acids is 1. The summed E-state index contributed by atoms with van der Waals surface area (Å²) in [5.74, 6) is -0.0424. The van der Waals surface area contributed by atoms with Crippen LogP contribution in [-0.2, 0) is 14.3 Å². The van der Waals surface area contributed by atoms with E-state index in [0.29, 0.717) is 19.7 Å². The zero-order chi connectivity index (χ0) is 11.4. The Labute approximate surface area is 90.5 Å². The molecule has 1 aliphatic rings. The third-order valence-corrected chi connectivity index (χ3v) is 2.60. The van der Waals surface area contributed by atoms with Crippen LogP contribution in [0.4, 0.5) is 0 Å². The minimum absolute atomic E-state index is 0.0253. The van der Waals surface area contributed by atoms with E-state index >= 15 is 0 Å². The van der Waals surface area contributed by atoms with E-state index in [-0.39, 0.29) is 18.1 Å². The Kier molecular flexibility index (Phi) is 4.50. The molecule has 88 valence electrons. The summed E-state index contributed by atoms with van der Waals surface area (Å²) < 4.78 is 10.8. The molecule has 0 saturated carbocycles. The normalized spacial score (nSPS) is 28.1. The third kappa shape index (κ3) is 2.90. The van der Waals surface area contributed by atoms with E-state index in [1.165, 1.54) is 0 Å². The van der Waals surface area contributed by atoms with Gasteiger partial charge in [-0.1, -0.05) is 0 Å². The van der Waals surface area contributed by atoms with Gasteiger partial charge in [0.25, 0.3) is 0 Å². The molecule has 0 aliphatic carbocycles. The number of hydrogen-bond donors (Lipinski definition) is 1. The first kappa shape index (κ1) is 12.4.